The summed E-state index contributed by atoms with van der Waals surface area (Å²) in [7, 11) is 0. The molecule has 0 fully saturated rings. The van der Waals surface area contributed by atoms with E-state index in [0.717, 1.165) is 11.1 Å². The van der Waals surface area contributed by atoms with Crippen molar-refractivity contribution in [3.63, 3.8) is 0 Å². The molecule has 28 heavy (non-hydrogen) atoms. The highest BCUT2D eigenvalue weighted by molar-refractivity contribution is 6.11. The molecule has 0 spiro atoms. The lowest BCUT2D eigenvalue weighted by molar-refractivity contribution is 0.0524. The Bertz CT molecular complexity index is 1300. The van der Waals surface area contributed by atoms with E-state index < -0.39 is 11.4 Å². The first-order chi connectivity index (χ1) is 13.5. The van der Waals surface area contributed by atoms with E-state index in [4.69, 9.17) is 4.74 Å². The smallest absolute Gasteiger partial charge is 0.343 e. The maximum atomic E-state index is 13.2. The quantitative estimate of drug-likeness (QED) is 0.438. The van der Waals surface area contributed by atoms with Crippen LogP contribution in [0.25, 0.3) is 16.4 Å². The molecule has 1 N–H and O–H groups in total. The van der Waals surface area contributed by atoms with Gasteiger partial charge in [0.05, 0.1) is 12.3 Å². The molecule has 0 radical (unpaired) electrons. The van der Waals surface area contributed by atoms with E-state index in [-0.39, 0.29) is 23.3 Å². The van der Waals surface area contributed by atoms with Gasteiger partial charge in [0.1, 0.15) is 5.56 Å². The Hall–Kier alpha value is -3.67. The van der Waals surface area contributed by atoms with Gasteiger partial charge in [0.2, 0.25) is 11.2 Å². The Morgan fingerprint density at radius 3 is 2.75 bits per heavy atom. The van der Waals surface area contributed by atoms with Crippen LogP contribution in [0.4, 0.5) is 0 Å². The Morgan fingerprint density at radius 1 is 1.14 bits per heavy atom. The van der Waals surface area contributed by atoms with Gasteiger partial charge in [-0.3, -0.25) is 9.59 Å². The van der Waals surface area contributed by atoms with Crippen molar-refractivity contribution in [3.05, 3.63) is 87.5 Å². The number of hydrogen-bond donors (Lipinski definition) is 1. The number of rotatable bonds is 4. The molecule has 3 heterocycles. The van der Waals surface area contributed by atoms with E-state index in [1.807, 2.05) is 41.8 Å². The lowest BCUT2D eigenvalue weighted by atomic mass is 10.0. The van der Waals surface area contributed by atoms with Crippen molar-refractivity contribution in [2.75, 3.05) is 6.61 Å². The van der Waals surface area contributed by atoms with E-state index in [2.05, 4.69) is 4.98 Å². The molecule has 0 bridgehead atoms. The van der Waals surface area contributed by atoms with E-state index in [1.165, 1.54) is 12.3 Å². The van der Waals surface area contributed by atoms with Crippen molar-refractivity contribution in [2.45, 2.75) is 13.8 Å². The summed E-state index contributed by atoms with van der Waals surface area (Å²) in [6.07, 6.45) is 3.18. The molecule has 0 amide bonds. The minimum absolute atomic E-state index is 0.0803. The molecular formula is C22H18N2O4. The topological polar surface area (TPSA) is 80.6 Å². The number of hydrogen-bond acceptors (Lipinski definition) is 4. The number of carbonyl (C=O) groups excluding carboxylic acids is 2. The van der Waals surface area contributed by atoms with Crippen LogP contribution in [0, 0.1) is 6.92 Å². The van der Waals surface area contributed by atoms with Crippen LogP contribution in [0.15, 0.2) is 59.7 Å². The van der Waals surface area contributed by atoms with Gasteiger partial charge in [-0.2, -0.15) is 0 Å². The van der Waals surface area contributed by atoms with Crippen LogP contribution in [0.3, 0.4) is 0 Å². The Kier molecular flexibility index (Phi) is 4.31. The number of aromatic nitrogens is 2. The highest BCUT2D eigenvalue weighted by Gasteiger charge is 2.19. The zero-order chi connectivity index (χ0) is 19.8. The maximum Gasteiger partial charge on any atom is 0.343 e. The number of ketones is 1. The zero-order valence-electron chi connectivity index (χ0n) is 15.5. The van der Waals surface area contributed by atoms with Crippen molar-refractivity contribution in [1.82, 2.24) is 9.38 Å². The van der Waals surface area contributed by atoms with Crippen molar-refractivity contribution in [2.24, 2.45) is 0 Å². The molecule has 6 heteroatoms. The predicted octanol–water partition coefficient (Wildman–Crippen LogP) is 3.50. The van der Waals surface area contributed by atoms with Crippen molar-refractivity contribution < 1.29 is 14.3 Å². The van der Waals surface area contributed by atoms with Gasteiger partial charge in [-0.15, -0.1) is 0 Å². The first-order valence-corrected chi connectivity index (χ1v) is 8.95. The van der Waals surface area contributed by atoms with Crippen LogP contribution in [-0.2, 0) is 4.74 Å². The Labute approximate surface area is 160 Å². The Balaban J connectivity index is 1.86. The van der Waals surface area contributed by atoms with Gasteiger partial charge >= 0.3 is 5.97 Å². The molecule has 0 saturated carbocycles. The summed E-state index contributed by atoms with van der Waals surface area (Å²) in [5.74, 6) is -0.873. The fourth-order valence-corrected chi connectivity index (χ4v) is 3.40. The van der Waals surface area contributed by atoms with E-state index in [0.29, 0.717) is 16.8 Å². The molecule has 4 aromatic rings. The SMILES string of the molecule is CCOC(=O)c1c[nH]c2ccc(C(=O)c3c(C)cc4ccccn34)cc2c1=O. The molecule has 0 aliphatic carbocycles. The molecule has 4 rings (SSSR count). The maximum absolute atomic E-state index is 13.2. The molecule has 0 aliphatic rings. The van der Waals surface area contributed by atoms with Gasteiger partial charge in [0.15, 0.2) is 0 Å². The van der Waals surface area contributed by atoms with Crippen LogP contribution < -0.4 is 5.43 Å². The number of esters is 1. The van der Waals surface area contributed by atoms with Crippen LogP contribution in [-0.4, -0.2) is 27.7 Å². The average Bonchev–Trinajstić information content (AvgIpc) is 3.03. The summed E-state index contributed by atoms with van der Waals surface area (Å²) in [5.41, 5.74) is 2.71. The second-order valence-electron chi connectivity index (χ2n) is 6.51. The van der Waals surface area contributed by atoms with E-state index in [1.54, 1.807) is 19.1 Å². The first kappa shape index (κ1) is 17.7. The second kappa shape index (κ2) is 6.81. The molecule has 140 valence electrons. The molecule has 6 nitrogen and oxygen atoms in total. The molecule has 1 aromatic carbocycles. The predicted molar refractivity (Wildman–Crippen MR) is 106 cm³/mol. The lowest BCUT2D eigenvalue weighted by Crippen LogP contribution is -2.18. The normalized spacial score (nSPS) is 11.1. The number of nitrogens with zero attached hydrogens (tertiary/aromatic N) is 1. The molecular weight excluding hydrogens is 356 g/mol. The number of aryl methyl sites for hydroxylation is 1. The van der Waals surface area contributed by atoms with Crippen molar-refractivity contribution in [1.29, 1.82) is 0 Å². The summed E-state index contributed by atoms with van der Waals surface area (Å²) in [5, 5.41) is 0.273. The fourth-order valence-electron chi connectivity index (χ4n) is 3.40. The third-order valence-electron chi connectivity index (χ3n) is 4.72. The molecule has 3 aromatic heterocycles. The average molecular weight is 374 g/mol. The number of fused-ring (bicyclic) bond motifs is 2. The van der Waals surface area contributed by atoms with E-state index >= 15 is 0 Å². The molecule has 0 unspecified atom stereocenters. The summed E-state index contributed by atoms with van der Waals surface area (Å²) in [6.45, 7) is 3.73. The first-order valence-electron chi connectivity index (χ1n) is 8.95. The van der Waals surface area contributed by atoms with Crippen LogP contribution in [0.2, 0.25) is 0 Å². The number of carbonyl (C=O) groups is 2. The van der Waals surface area contributed by atoms with E-state index in [9.17, 15) is 14.4 Å². The number of aromatic amines is 1. The summed E-state index contributed by atoms with van der Waals surface area (Å²) < 4.78 is 6.76. The monoisotopic (exact) mass is 374 g/mol. The van der Waals surface area contributed by atoms with Crippen LogP contribution in [0.5, 0.6) is 0 Å². The molecule has 0 saturated heterocycles. The number of H-pyrrole nitrogens is 1. The van der Waals surface area contributed by atoms with Crippen LogP contribution >= 0.6 is 0 Å². The molecule has 0 atom stereocenters. The van der Waals surface area contributed by atoms with Gasteiger partial charge in [0, 0.05) is 34.4 Å². The van der Waals surface area contributed by atoms with Gasteiger partial charge in [-0.25, -0.2) is 4.79 Å². The van der Waals surface area contributed by atoms with Gasteiger partial charge < -0.3 is 14.1 Å². The summed E-state index contributed by atoms with van der Waals surface area (Å²) in [6, 6.07) is 12.5. The molecule has 0 aliphatic heterocycles. The van der Waals surface area contributed by atoms with Crippen LogP contribution in [0.1, 0.15) is 38.9 Å². The number of nitrogens with one attached hydrogen (secondary N) is 1. The largest absolute Gasteiger partial charge is 0.462 e. The third kappa shape index (κ3) is 2.79. The van der Waals surface area contributed by atoms with Crippen molar-refractivity contribution >= 4 is 28.2 Å². The standard InChI is InChI=1S/C22H18N2O4/c1-3-28-22(27)17-12-23-18-8-7-14(11-16(18)21(17)26)20(25)19-13(2)10-15-6-4-5-9-24(15)19/h4-12H,3H2,1-2H3,(H,23,26). The zero-order valence-corrected chi connectivity index (χ0v) is 15.5. The van der Waals surface area contributed by atoms with Gasteiger partial charge in [-0.05, 0) is 55.8 Å². The van der Waals surface area contributed by atoms with Gasteiger partial charge in [0.25, 0.3) is 0 Å². The highest BCUT2D eigenvalue weighted by atomic mass is 16.5. The van der Waals surface area contributed by atoms with Gasteiger partial charge in [-0.1, -0.05) is 6.07 Å². The van der Waals surface area contributed by atoms with Crippen molar-refractivity contribution in [3.8, 4) is 0 Å². The third-order valence-corrected chi connectivity index (χ3v) is 4.72. The summed E-state index contributed by atoms with van der Waals surface area (Å²) >= 11 is 0. The number of pyridine rings is 2. The second-order valence-corrected chi connectivity index (χ2v) is 6.51. The Morgan fingerprint density at radius 2 is 1.96 bits per heavy atom. The number of ether oxygens (including phenoxy) is 1. The summed E-state index contributed by atoms with van der Waals surface area (Å²) in [4.78, 5) is 40.9. The minimum Gasteiger partial charge on any atom is -0.462 e. The fraction of sp³-hybridized carbons (Fsp3) is 0.136. The number of benzene rings is 1. The lowest BCUT2D eigenvalue weighted by Gasteiger charge is -2.07. The minimum atomic E-state index is -0.684. The highest BCUT2D eigenvalue weighted by Crippen LogP contribution is 2.21.